The Bertz CT molecular complexity index is 607. The number of hydrogen-bond acceptors (Lipinski definition) is 4. The minimum absolute atomic E-state index is 0.0280. The van der Waals surface area contributed by atoms with E-state index in [9.17, 15) is 5.11 Å². The molecule has 1 N–H and O–H groups in total. The highest BCUT2D eigenvalue weighted by Crippen LogP contribution is 2.29. The minimum atomic E-state index is 0.0280. The van der Waals surface area contributed by atoms with Gasteiger partial charge in [-0.3, -0.25) is 0 Å². The summed E-state index contributed by atoms with van der Waals surface area (Å²) in [7, 11) is 0. The van der Waals surface area contributed by atoms with Crippen molar-refractivity contribution in [2.75, 3.05) is 24.6 Å². The molecule has 2 aromatic rings. The number of piperidine rings is 1. The van der Waals surface area contributed by atoms with E-state index in [0.29, 0.717) is 6.10 Å². The number of anilines is 1. The lowest BCUT2D eigenvalue weighted by atomic mass is 10.0. The van der Waals surface area contributed by atoms with Crippen LogP contribution in [-0.4, -0.2) is 35.9 Å². The van der Waals surface area contributed by atoms with Crippen molar-refractivity contribution < 1.29 is 9.84 Å². The highest BCUT2D eigenvalue weighted by atomic mass is 16.5. The van der Waals surface area contributed by atoms with Crippen molar-refractivity contribution in [3.63, 3.8) is 0 Å². The van der Waals surface area contributed by atoms with Crippen LogP contribution in [0.25, 0.3) is 10.8 Å². The zero-order valence-corrected chi connectivity index (χ0v) is 12.5. The molecule has 0 saturated carbocycles. The fourth-order valence-corrected chi connectivity index (χ4v) is 3.08. The topological polar surface area (TPSA) is 45.6 Å². The van der Waals surface area contributed by atoms with E-state index in [0.717, 1.165) is 54.7 Å². The third kappa shape index (κ3) is 2.87. The van der Waals surface area contributed by atoms with Gasteiger partial charge in [-0.2, -0.15) is 0 Å². The van der Waals surface area contributed by atoms with Crippen LogP contribution in [0, 0.1) is 0 Å². The molecule has 0 amide bonds. The first kappa shape index (κ1) is 14.3. The Morgan fingerprint density at radius 2 is 1.95 bits per heavy atom. The van der Waals surface area contributed by atoms with Crippen LogP contribution in [-0.2, 0) is 11.3 Å². The molecule has 0 bridgehead atoms. The maximum absolute atomic E-state index is 9.46. The van der Waals surface area contributed by atoms with E-state index in [-0.39, 0.29) is 6.61 Å². The standard InChI is InChI=1S/C17H22N2O2/c1-2-21-14-7-9-19(10-8-14)17-16-6-4-3-5-15(16)13(12-20)11-18-17/h3-6,11,14,20H,2,7-10,12H2,1H3. The summed E-state index contributed by atoms with van der Waals surface area (Å²) in [5.41, 5.74) is 0.888. The van der Waals surface area contributed by atoms with Crippen LogP contribution < -0.4 is 4.90 Å². The second-order valence-electron chi connectivity index (χ2n) is 5.45. The van der Waals surface area contributed by atoms with Gasteiger partial charge in [0.15, 0.2) is 0 Å². The van der Waals surface area contributed by atoms with Gasteiger partial charge >= 0.3 is 0 Å². The monoisotopic (exact) mass is 286 g/mol. The summed E-state index contributed by atoms with van der Waals surface area (Å²) in [5, 5.41) is 11.7. The van der Waals surface area contributed by atoms with E-state index >= 15 is 0 Å². The van der Waals surface area contributed by atoms with Gasteiger partial charge in [0, 0.05) is 36.8 Å². The highest BCUT2D eigenvalue weighted by Gasteiger charge is 2.21. The first-order valence-electron chi connectivity index (χ1n) is 7.67. The van der Waals surface area contributed by atoms with Gasteiger partial charge in [-0.1, -0.05) is 24.3 Å². The number of aliphatic hydroxyl groups excluding tert-OH is 1. The lowest BCUT2D eigenvalue weighted by Crippen LogP contribution is -2.37. The molecule has 0 atom stereocenters. The van der Waals surface area contributed by atoms with Crippen molar-refractivity contribution in [1.82, 2.24) is 4.98 Å². The molecule has 1 aliphatic heterocycles. The Hall–Kier alpha value is -1.65. The van der Waals surface area contributed by atoms with Gasteiger partial charge in [0.2, 0.25) is 0 Å². The predicted molar refractivity (Wildman–Crippen MR) is 84.5 cm³/mol. The summed E-state index contributed by atoms with van der Waals surface area (Å²) in [6.07, 6.45) is 4.28. The van der Waals surface area contributed by atoms with Gasteiger partial charge in [0.1, 0.15) is 5.82 Å². The van der Waals surface area contributed by atoms with Crippen molar-refractivity contribution in [2.24, 2.45) is 0 Å². The number of rotatable bonds is 4. The number of benzene rings is 1. The smallest absolute Gasteiger partial charge is 0.136 e. The summed E-state index contributed by atoms with van der Waals surface area (Å²) >= 11 is 0. The van der Waals surface area contributed by atoms with Gasteiger partial charge in [0.25, 0.3) is 0 Å². The summed E-state index contributed by atoms with van der Waals surface area (Å²) in [6, 6.07) is 8.18. The molecule has 1 fully saturated rings. The first-order valence-corrected chi connectivity index (χ1v) is 7.67. The van der Waals surface area contributed by atoms with Crippen molar-refractivity contribution >= 4 is 16.6 Å². The van der Waals surface area contributed by atoms with E-state index in [2.05, 4.69) is 28.9 Å². The lowest BCUT2D eigenvalue weighted by Gasteiger charge is -2.33. The first-order chi connectivity index (χ1) is 10.3. The molecule has 4 heteroatoms. The number of fused-ring (bicyclic) bond motifs is 1. The van der Waals surface area contributed by atoms with Gasteiger partial charge in [-0.15, -0.1) is 0 Å². The molecule has 1 aromatic carbocycles. The van der Waals surface area contributed by atoms with Crippen molar-refractivity contribution in [3.8, 4) is 0 Å². The zero-order valence-electron chi connectivity index (χ0n) is 12.5. The molecule has 112 valence electrons. The van der Waals surface area contributed by atoms with E-state index in [4.69, 9.17) is 4.74 Å². The van der Waals surface area contributed by atoms with Crippen LogP contribution in [0.3, 0.4) is 0 Å². The molecular formula is C17H22N2O2. The largest absolute Gasteiger partial charge is 0.392 e. The summed E-state index contributed by atoms with van der Waals surface area (Å²) in [5.74, 6) is 1.03. The number of pyridine rings is 1. The third-order valence-electron chi connectivity index (χ3n) is 4.17. The second kappa shape index (κ2) is 6.41. The van der Waals surface area contributed by atoms with Crippen LogP contribution >= 0.6 is 0 Å². The molecule has 0 spiro atoms. The molecule has 21 heavy (non-hydrogen) atoms. The van der Waals surface area contributed by atoms with Gasteiger partial charge in [-0.25, -0.2) is 4.98 Å². The van der Waals surface area contributed by atoms with Crippen LogP contribution in [0.5, 0.6) is 0 Å². The van der Waals surface area contributed by atoms with E-state index in [1.54, 1.807) is 6.20 Å². The van der Waals surface area contributed by atoms with Gasteiger partial charge in [-0.05, 0) is 25.2 Å². The maximum atomic E-state index is 9.46. The Kier molecular flexibility index (Phi) is 4.36. The average Bonchev–Trinajstić information content (AvgIpc) is 2.55. The number of nitrogens with zero attached hydrogens (tertiary/aromatic N) is 2. The summed E-state index contributed by atoms with van der Waals surface area (Å²) in [6.45, 7) is 4.81. The second-order valence-corrected chi connectivity index (χ2v) is 5.45. The lowest BCUT2D eigenvalue weighted by molar-refractivity contribution is 0.0459. The number of aromatic nitrogens is 1. The quantitative estimate of drug-likeness (QED) is 0.938. The fraction of sp³-hybridized carbons (Fsp3) is 0.471. The number of aliphatic hydroxyl groups is 1. The van der Waals surface area contributed by atoms with Gasteiger partial charge < -0.3 is 14.7 Å². The van der Waals surface area contributed by atoms with E-state index < -0.39 is 0 Å². The molecule has 0 aliphatic carbocycles. The average molecular weight is 286 g/mol. The molecule has 1 aliphatic rings. The van der Waals surface area contributed by atoms with E-state index in [1.165, 1.54) is 0 Å². The Morgan fingerprint density at radius 1 is 1.24 bits per heavy atom. The third-order valence-corrected chi connectivity index (χ3v) is 4.17. The molecule has 4 nitrogen and oxygen atoms in total. The van der Waals surface area contributed by atoms with Crippen molar-refractivity contribution in [2.45, 2.75) is 32.5 Å². The number of ether oxygens (including phenoxy) is 1. The fourth-order valence-electron chi connectivity index (χ4n) is 3.08. The Labute approximate surface area is 125 Å². The molecule has 0 radical (unpaired) electrons. The molecule has 1 saturated heterocycles. The van der Waals surface area contributed by atoms with Crippen molar-refractivity contribution in [1.29, 1.82) is 0 Å². The zero-order chi connectivity index (χ0) is 14.7. The van der Waals surface area contributed by atoms with Crippen molar-refractivity contribution in [3.05, 3.63) is 36.0 Å². The Morgan fingerprint density at radius 3 is 2.62 bits per heavy atom. The minimum Gasteiger partial charge on any atom is -0.392 e. The van der Waals surface area contributed by atoms with Gasteiger partial charge in [0.05, 0.1) is 12.7 Å². The SMILES string of the molecule is CCOC1CCN(c2ncc(CO)c3ccccc23)CC1. The maximum Gasteiger partial charge on any atom is 0.136 e. The summed E-state index contributed by atoms with van der Waals surface area (Å²) in [4.78, 5) is 6.93. The van der Waals surface area contributed by atoms with Crippen LogP contribution in [0.1, 0.15) is 25.3 Å². The van der Waals surface area contributed by atoms with E-state index in [1.807, 2.05) is 12.1 Å². The normalized spacial score (nSPS) is 16.6. The predicted octanol–water partition coefficient (Wildman–Crippen LogP) is 2.73. The highest BCUT2D eigenvalue weighted by molar-refractivity contribution is 5.94. The van der Waals surface area contributed by atoms with Crippen LogP contribution in [0.2, 0.25) is 0 Å². The molecule has 0 unspecified atom stereocenters. The van der Waals surface area contributed by atoms with Crippen LogP contribution in [0.4, 0.5) is 5.82 Å². The molecule has 3 rings (SSSR count). The molecular weight excluding hydrogens is 264 g/mol. The molecule has 1 aromatic heterocycles. The van der Waals surface area contributed by atoms with Crippen LogP contribution in [0.15, 0.2) is 30.5 Å². The number of hydrogen-bond donors (Lipinski definition) is 1. The summed E-state index contributed by atoms with van der Waals surface area (Å²) < 4.78 is 5.71. The molecule has 2 heterocycles. The Balaban J connectivity index is 1.88.